The van der Waals surface area contributed by atoms with Gasteiger partial charge in [-0.05, 0) is 6.07 Å². The van der Waals surface area contributed by atoms with Gasteiger partial charge in [-0.15, -0.1) is 0 Å². The first-order valence-corrected chi connectivity index (χ1v) is 9.38. The van der Waals surface area contributed by atoms with Crippen LogP contribution in [0.3, 0.4) is 0 Å². The summed E-state index contributed by atoms with van der Waals surface area (Å²) in [7, 11) is 1.13. The number of hydrogen-bond acceptors (Lipinski definition) is 8. The van der Waals surface area contributed by atoms with Crippen molar-refractivity contribution in [3.63, 3.8) is 0 Å². The molecule has 9 nitrogen and oxygen atoms in total. The summed E-state index contributed by atoms with van der Waals surface area (Å²) >= 11 is 0.993. The Kier molecular flexibility index (Phi) is 5.98. The summed E-state index contributed by atoms with van der Waals surface area (Å²) in [4.78, 5) is 51.6. The predicted octanol–water partition coefficient (Wildman–Crippen LogP) is 3.96. The smallest absolute Gasteiger partial charge is 0.338 e. The third-order valence-electron chi connectivity index (χ3n) is 4.03. The molecular weight excluding hydrogens is 410 g/mol. The van der Waals surface area contributed by atoms with Crippen LogP contribution in [0.1, 0.15) is 37.3 Å². The van der Waals surface area contributed by atoms with Gasteiger partial charge < -0.3 is 4.74 Å². The third kappa shape index (κ3) is 4.39. The van der Waals surface area contributed by atoms with Gasteiger partial charge in [-0.2, -0.15) is 0 Å². The average Bonchev–Trinajstić information content (AvgIpc) is 3.17. The summed E-state index contributed by atoms with van der Waals surface area (Å²) in [5, 5.41) is 13.8. The molecule has 3 rings (SSSR count). The summed E-state index contributed by atoms with van der Waals surface area (Å²) in [6.07, 6.45) is 0. The molecule has 152 valence electrons. The van der Waals surface area contributed by atoms with Crippen LogP contribution in [-0.4, -0.2) is 34.7 Å². The molecule has 0 atom stereocenters. The van der Waals surface area contributed by atoms with Gasteiger partial charge in [0, 0.05) is 30.2 Å². The number of nitrogens with zero attached hydrogens (tertiary/aromatic N) is 2. The highest BCUT2D eigenvalue weighted by molar-refractivity contribution is 7.18. The van der Waals surface area contributed by atoms with E-state index in [1.165, 1.54) is 13.0 Å². The van der Waals surface area contributed by atoms with Crippen molar-refractivity contribution in [3.8, 4) is 11.3 Å². The molecule has 0 spiro atoms. The number of rotatable bonds is 6. The van der Waals surface area contributed by atoms with Crippen molar-refractivity contribution in [2.75, 3.05) is 12.4 Å². The lowest BCUT2D eigenvalue weighted by Gasteiger charge is -2.05. The quantitative estimate of drug-likeness (QED) is 0.274. The number of esters is 1. The number of amides is 1. The highest BCUT2D eigenvalue weighted by Crippen LogP contribution is 2.32. The number of non-ortho nitro benzene ring substituents is 1. The maximum absolute atomic E-state index is 12.7. The summed E-state index contributed by atoms with van der Waals surface area (Å²) in [6.45, 7) is 1.40. The van der Waals surface area contributed by atoms with Crippen molar-refractivity contribution in [2.24, 2.45) is 0 Å². The Morgan fingerprint density at radius 1 is 1.10 bits per heavy atom. The van der Waals surface area contributed by atoms with Crippen LogP contribution in [0, 0.1) is 10.1 Å². The molecule has 0 saturated heterocycles. The molecular formula is C20H15N3O6S. The molecule has 0 saturated carbocycles. The first kappa shape index (κ1) is 20.8. The number of thiazole rings is 1. The molecule has 10 heteroatoms. The van der Waals surface area contributed by atoms with E-state index in [1.54, 1.807) is 24.3 Å². The molecule has 0 bridgehead atoms. The summed E-state index contributed by atoms with van der Waals surface area (Å²) in [6, 6.07) is 12.3. The molecule has 1 heterocycles. The molecule has 0 unspecified atom stereocenters. The standard InChI is InChI=1S/C20H15N3O6S/c1-11(24)17-16(12-6-4-3-5-7-12)21-20(30-17)22-18(25)13-8-14(19(26)29-2)10-15(9-13)23(27)28/h3-10H,1-2H3,(H,21,22,25). The topological polar surface area (TPSA) is 129 Å². The van der Waals surface area contributed by atoms with Crippen LogP contribution in [-0.2, 0) is 4.74 Å². The van der Waals surface area contributed by atoms with E-state index < -0.39 is 22.5 Å². The Hall–Kier alpha value is -3.92. The van der Waals surface area contributed by atoms with E-state index in [0.717, 1.165) is 30.6 Å². The van der Waals surface area contributed by atoms with Crippen LogP contribution in [0.25, 0.3) is 11.3 Å². The van der Waals surface area contributed by atoms with E-state index in [9.17, 15) is 24.5 Å². The molecule has 30 heavy (non-hydrogen) atoms. The lowest BCUT2D eigenvalue weighted by Crippen LogP contribution is -2.14. The number of carbonyl (C=O) groups is 3. The zero-order valence-electron chi connectivity index (χ0n) is 15.9. The number of methoxy groups -OCH3 is 1. The number of aromatic nitrogens is 1. The van der Waals surface area contributed by atoms with Gasteiger partial charge in [0.1, 0.15) is 0 Å². The summed E-state index contributed by atoms with van der Waals surface area (Å²) < 4.78 is 4.58. The van der Waals surface area contributed by atoms with Gasteiger partial charge in [-0.1, -0.05) is 41.7 Å². The number of Topliss-reactive ketones (excluding diaryl/α,β-unsaturated/α-hetero) is 1. The molecule has 0 fully saturated rings. The van der Waals surface area contributed by atoms with Crippen molar-refractivity contribution >= 4 is 39.8 Å². The first-order chi connectivity index (χ1) is 14.3. The number of anilines is 1. The lowest BCUT2D eigenvalue weighted by molar-refractivity contribution is -0.384. The van der Waals surface area contributed by atoms with Crippen molar-refractivity contribution in [1.29, 1.82) is 0 Å². The first-order valence-electron chi connectivity index (χ1n) is 8.56. The molecule has 0 radical (unpaired) electrons. The molecule has 0 aliphatic carbocycles. The molecule has 3 aromatic rings. The van der Waals surface area contributed by atoms with Gasteiger partial charge in [0.2, 0.25) is 0 Å². The van der Waals surface area contributed by atoms with Crippen LogP contribution in [0.15, 0.2) is 48.5 Å². The maximum Gasteiger partial charge on any atom is 0.338 e. The van der Waals surface area contributed by atoms with Crippen molar-refractivity contribution in [3.05, 3.63) is 74.6 Å². The molecule has 0 aliphatic rings. The van der Waals surface area contributed by atoms with Gasteiger partial charge in [0.15, 0.2) is 10.9 Å². The van der Waals surface area contributed by atoms with Crippen LogP contribution in [0.4, 0.5) is 10.8 Å². The Labute approximate surface area is 174 Å². The van der Waals surface area contributed by atoms with E-state index in [1.807, 2.05) is 6.07 Å². The van der Waals surface area contributed by atoms with Gasteiger partial charge in [0.05, 0.1) is 28.2 Å². The van der Waals surface area contributed by atoms with Gasteiger partial charge in [-0.3, -0.25) is 25.0 Å². The fourth-order valence-corrected chi connectivity index (χ4v) is 3.53. The highest BCUT2D eigenvalue weighted by atomic mass is 32.1. The molecule has 1 aromatic heterocycles. The Morgan fingerprint density at radius 3 is 2.37 bits per heavy atom. The normalized spacial score (nSPS) is 10.3. The number of hydrogen-bond donors (Lipinski definition) is 1. The minimum absolute atomic E-state index is 0.120. The number of benzene rings is 2. The van der Waals surface area contributed by atoms with Crippen LogP contribution in [0.2, 0.25) is 0 Å². The molecule has 1 N–H and O–H groups in total. The van der Waals surface area contributed by atoms with Crippen molar-refractivity contribution < 1.29 is 24.0 Å². The minimum atomic E-state index is -0.813. The number of nitro benzene ring substituents is 1. The van der Waals surface area contributed by atoms with Crippen molar-refractivity contribution in [2.45, 2.75) is 6.92 Å². The lowest BCUT2D eigenvalue weighted by atomic mass is 10.1. The molecule has 1 amide bonds. The predicted molar refractivity (Wildman–Crippen MR) is 110 cm³/mol. The van der Waals surface area contributed by atoms with Gasteiger partial charge >= 0.3 is 5.97 Å². The van der Waals surface area contributed by atoms with Crippen LogP contribution < -0.4 is 5.32 Å². The van der Waals surface area contributed by atoms with E-state index in [2.05, 4.69) is 15.0 Å². The second-order valence-electron chi connectivity index (χ2n) is 6.09. The Bertz CT molecular complexity index is 1160. The number of nitrogens with one attached hydrogen (secondary N) is 1. The maximum atomic E-state index is 12.7. The van der Waals surface area contributed by atoms with E-state index in [4.69, 9.17) is 0 Å². The largest absolute Gasteiger partial charge is 0.465 e. The number of nitro groups is 1. The summed E-state index contributed by atoms with van der Waals surface area (Å²) in [5.74, 6) is -1.74. The van der Waals surface area contributed by atoms with Crippen LogP contribution >= 0.6 is 11.3 Å². The van der Waals surface area contributed by atoms with E-state index >= 15 is 0 Å². The van der Waals surface area contributed by atoms with Gasteiger partial charge in [0.25, 0.3) is 11.6 Å². The highest BCUT2D eigenvalue weighted by Gasteiger charge is 2.21. The second kappa shape index (κ2) is 8.62. The number of ether oxygens (including phenoxy) is 1. The zero-order chi connectivity index (χ0) is 21.8. The van der Waals surface area contributed by atoms with Gasteiger partial charge in [-0.25, -0.2) is 9.78 Å². The SMILES string of the molecule is COC(=O)c1cc(C(=O)Nc2nc(-c3ccccc3)c(C(C)=O)s2)cc([N+](=O)[O-])c1. The van der Waals surface area contributed by atoms with E-state index in [-0.39, 0.29) is 22.0 Å². The molecule has 2 aromatic carbocycles. The fraction of sp³-hybridized carbons (Fsp3) is 0.100. The number of ketones is 1. The second-order valence-corrected chi connectivity index (χ2v) is 7.09. The Balaban J connectivity index is 1.96. The third-order valence-corrected chi connectivity index (χ3v) is 5.10. The Morgan fingerprint density at radius 2 is 1.77 bits per heavy atom. The average molecular weight is 425 g/mol. The molecule has 0 aliphatic heterocycles. The monoisotopic (exact) mass is 425 g/mol. The zero-order valence-corrected chi connectivity index (χ0v) is 16.7. The number of carbonyl (C=O) groups excluding carboxylic acids is 3. The minimum Gasteiger partial charge on any atom is -0.465 e. The summed E-state index contributed by atoms with van der Waals surface area (Å²) in [5.41, 5.74) is 0.452. The fourth-order valence-electron chi connectivity index (χ4n) is 2.66. The van der Waals surface area contributed by atoms with Crippen LogP contribution in [0.5, 0.6) is 0 Å². The van der Waals surface area contributed by atoms with Crippen molar-refractivity contribution in [1.82, 2.24) is 4.98 Å². The van der Waals surface area contributed by atoms with E-state index in [0.29, 0.717) is 16.1 Å².